The molecule has 1 atom stereocenters. The molecule has 0 radical (unpaired) electrons. The summed E-state index contributed by atoms with van der Waals surface area (Å²) in [6, 6.07) is 8.38. The van der Waals surface area contributed by atoms with Crippen LogP contribution in [0.5, 0.6) is 5.75 Å². The minimum absolute atomic E-state index is 0.340. The quantitative estimate of drug-likeness (QED) is 0.787. The largest absolute Gasteiger partial charge is 0.497 e. The maximum Gasteiger partial charge on any atom is 0.232 e. The number of hydrogen-bond acceptors (Lipinski definition) is 3. The first-order chi connectivity index (χ1) is 11.8. The van der Waals surface area contributed by atoms with Gasteiger partial charge < -0.3 is 9.64 Å². The highest BCUT2D eigenvalue weighted by atomic mass is 32.2. The van der Waals surface area contributed by atoms with Gasteiger partial charge in [-0.3, -0.25) is 4.79 Å². The fraction of sp³-hybridized carbons (Fsp3) is 0.650. The second-order valence-corrected chi connectivity index (χ2v) is 8.31. The summed E-state index contributed by atoms with van der Waals surface area (Å²) in [7, 11) is 1.70. The Balaban J connectivity index is 1.57. The lowest BCUT2D eigenvalue weighted by Gasteiger charge is -2.25. The SMILES string of the molecule is COc1ccc([C@@H]2CCCCN(C(=O)CSC3CCCC3)C2)cc1. The molecule has 1 aromatic rings. The number of benzene rings is 1. The van der Waals surface area contributed by atoms with Crippen LogP contribution in [0.3, 0.4) is 0 Å². The van der Waals surface area contributed by atoms with Crippen LogP contribution in [0, 0.1) is 0 Å². The van der Waals surface area contributed by atoms with E-state index in [1.54, 1.807) is 7.11 Å². The third-order valence-electron chi connectivity index (χ3n) is 5.36. The number of nitrogens with zero attached hydrogens (tertiary/aromatic N) is 1. The number of hydrogen-bond donors (Lipinski definition) is 0. The van der Waals surface area contributed by atoms with E-state index in [2.05, 4.69) is 17.0 Å². The van der Waals surface area contributed by atoms with Crippen molar-refractivity contribution in [2.24, 2.45) is 0 Å². The lowest BCUT2D eigenvalue weighted by Crippen LogP contribution is -2.35. The van der Waals surface area contributed by atoms with Crippen LogP contribution in [-0.4, -0.2) is 42.0 Å². The average molecular weight is 348 g/mol. The van der Waals surface area contributed by atoms with Crippen molar-refractivity contribution in [3.05, 3.63) is 29.8 Å². The molecule has 0 N–H and O–H groups in total. The predicted octanol–water partition coefficient (Wildman–Crippen LogP) is 4.47. The number of rotatable bonds is 5. The monoisotopic (exact) mass is 347 g/mol. The Bertz CT molecular complexity index is 525. The molecule has 1 heterocycles. The molecule has 132 valence electrons. The van der Waals surface area contributed by atoms with Crippen LogP contribution in [0.2, 0.25) is 0 Å². The van der Waals surface area contributed by atoms with Crippen LogP contribution in [0.1, 0.15) is 56.4 Å². The first-order valence-electron chi connectivity index (χ1n) is 9.29. The molecule has 1 amide bonds. The van der Waals surface area contributed by atoms with E-state index in [0.717, 1.165) is 30.5 Å². The highest BCUT2D eigenvalue weighted by Crippen LogP contribution is 2.31. The summed E-state index contributed by atoms with van der Waals surface area (Å²) in [5, 5.41) is 0.721. The van der Waals surface area contributed by atoms with Gasteiger partial charge in [-0.1, -0.05) is 31.4 Å². The zero-order chi connectivity index (χ0) is 16.8. The van der Waals surface area contributed by atoms with Gasteiger partial charge in [0.25, 0.3) is 0 Å². The summed E-state index contributed by atoms with van der Waals surface area (Å²) in [5.41, 5.74) is 1.33. The molecule has 3 rings (SSSR count). The van der Waals surface area contributed by atoms with Gasteiger partial charge in [0, 0.05) is 24.3 Å². The molecule has 1 saturated heterocycles. The Hall–Kier alpha value is -1.16. The van der Waals surface area contributed by atoms with Crippen LogP contribution in [0.15, 0.2) is 24.3 Å². The van der Waals surface area contributed by atoms with Crippen molar-refractivity contribution in [1.82, 2.24) is 4.90 Å². The molecule has 2 aliphatic rings. The van der Waals surface area contributed by atoms with Crippen molar-refractivity contribution in [2.75, 3.05) is 26.0 Å². The highest BCUT2D eigenvalue weighted by molar-refractivity contribution is 8.00. The van der Waals surface area contributed by atoms with Crippen molar-refractivity contribution < 1.29 is 9.53 Å². The third kappa shape index (κ3) is 4.69. The van der Waals surface area contributed by atoms with Crippen LogP contribution < -0.4 is 4.74 Å². The van der Waals surface area contributed by atoms with Gasteiger partial charge in [-0.25, -0.2) is 0 Å². The van der Waals surface area contributed by atoms with E-state index in [9.17, 15) is 4.79 Å². The van der Waals surface area contributed by atoms with Crippen molar-refractivity contribution in [3.8, 4) is 5.75 Å². The summed E-state index contributed by atoms with van der Waals surface area (Å²) < 4.78 is 5.25. The molecule has 2 fully saturated rings. The fourth-order valence-corrected chi connectivity index (χ4v) is 5.08. The zero-order valence-electron chi connectivity index (χ0n) is 14.7. The average Bonchev–Trinajstić information content (AvgIpc) is 3.02. The predicted molar refractivity (Wildman–Crippen MR) is 101 cm³/mol. The topological polar surface area (TPSA) is 29.5 Å². The van der Waals surface area contributed by atoms with E-state index in [0.29, 0.717) is 17.6 Å². The van der Waals surface area contributed by atoms with Gasteiger partial charge in [0.2, 0.25) is 5.91 Å². The number of ether oxygens (including phenoxy) is 1. The Morgan fingerprint density at radius 3 is 2.54 bits per heavy atom. The smallest absolute Gasteiger partial charge is 0.232 e. The van der Waals surface area contributed by atoms with E-state index in [-0.39, 0.29) is 0 Å². The molecule has 1 saturated carbocycles. The maximum absolute atomic E-state index is 12.7. The maximum atomic E-state index is 12.7. The van der Waals surface area contributed by atoms with E-state index in [4.69, 9.17) is 4.74 Å². The first kappa shape index (κ1) is 17.7. The van der Waals surface area contributed by atoms with Crippen LogP contribution >= 0.6 is 11.8 Å². The van der Waals surface area contributed by atoms with E-state index in [1.807, 2.05) is 23.9 Å². The number of thioether (sulfide) groups is 1. The summed E-state index contributed by atoms with van der Waals surface area (Å²) in [4.78, 5) is 14.8. The highest BCUT2D eigenvalue weighted by Gasteiger charge is 2.24. The van der Waals surface area contributed by atoms with Gasteiger partial charge in [-0.05, 0) is 43.4 Å². The Morgan fingerprint density at radius 1 is 1.12 bits per heavy atom. The molecular formula is C20H29NO2S. The van der Waals surface area contributed by atoms with Gasteiger partial charge >= 0.3 is 0 Å². The molecule has 24 heavy (non-hydrogen) atoms. The molecule has 4 heteroatoms. The van der Waals surface area contributed by atoms with Crippen molar-refractivity contribution in [3.63, 3.8) is 0 Å². The zero-order valence-corrected chi connectivity index (χ0v) is 15.5. The van der Waals surface area contributed by atoms with Crippen LogP contribution in [0.25, 0.3) is 0 Å². The summed E-state index contributed by atoms with van der Waals surface area (Å²) in [6.45, 7) is 1.80. The second kappa shape index (κ2) is 8.80. The number of amides is 1. The normalized spacial score (nSPS) is 22.4. The summed E-state index contributed by atoms with van der Waals surface area (Å²) in [6.07, 6.45) is 8.79. The lowest BCUT2D eigenvalue weighted by molar-refractivity contribution is -0.128. The Labute approximate surface area is 150 Å². The molecular weight excluding hydrogens is 318 g/mol. The number of carbonyl (C=O) groups excluding carboxylic acids is 1. The van der Waals surface area contributed by atoms with E-state index < -0.39 is 0 Å². The van der Waals surface area contributed by atoms with Gasteiger partial charge in [0.15, 0.2) is 0 Å². The van der Waals surface area contributed by atoms with Crippen molar-refractivity contribution >= 4 is 17.7 Å². The minimum Gasteiger partial charge on any atom is -0.497 e. The molecule has 1 aliphatic carbocycles. The first-order valence-corrected chi connectivity index (χ1v) is 10.3. The number of methoxy groups -OCH3 is 1. The number of likely N-dealkylation sites (tertiary alicyclic amines) is 1. The van der Waals surface area contributed by atoms with E-state index in [1.165, 1.54) is 44.1 Å². The van der Waals surface area contributed by atoms with Gasteiger partial charge in [0.1, 0.15) is 5.75 Å². The van der Waals surface area contributed by atoms with Crippen LogP contribution in [0.4, 0.5) is 0 Å². The standard InChI is InChI=1S/C20H29NO2S/c1-23-18-11-9-16(10-12-18)17-6-4-5-13-21(14-17)20(22)15-24-19-7-2-3-8-19/h9-12,17,19H,2-8,13-15H2,1H3/t17-/m1/s1. The van der Waals surface area contributed by atoms with Crippen molar-refractivity contribution in [1.29, 1.82) is 0 Å². The molecule has 0 bridgehead atoms. The second-order valence-electron chi connectivity index (χ2n) is 7.02. The van der Waals surface area contributed by atoms with Gasteiger partial charge in [-0.15, -0.1) is 11.8 Å². The van der Waals surface area contributed by atoms with E-state index >= 15 is 0 Å². The Kier molecular flexibility index (Phi) is 6.47. The molecule has 1 aromatic carbocycles. The third-order valence-corrected chi connectivity index (χ3v) is 6.71. The van der Waals surface area contributed by atoms with Crippen LogP contribution in [-0.2, 0) is 4.79 Å². The molecule has 0 spiro atoms. The van der Waals surface area contributed by atoms with Gasteiger partial charge in [-0.2, -0.15) is 0 Å². The lowest BCUT2D eigenvalue weighted by atomic mass is 9.94. The summed E-state index contributed by atoms with van der Waals surface area (Å²) in [5.74, 6) is 2.36. The molecule has 0 aromatic heterocycles. The molecule has 0 unspecified atom stereocenters. The summed E-state index contributed by atoms with van der Waals surface area (Å²) >= 11 is 1.89. The fourth-order valence-electron chi connectivity index (χ4n) is 3.85. The Morgan fingerprint density at radius 2 is 1.83 bits per heavy atom. The number of carbonyl (C=O) groups is 1. The van der Waals surface area contributed by atoms with Gasteiger partial charge in [0.05, 0.1) is 12.9 Å². The molecule has 3 nitrogen and oxygen atoms in total. The minimum atomic E-state index is 0.340. The van der Waals surface area contributed by atoms with Crippen molar-refractivity contribution in [2.45, 2.75) is 56.1 Å². The molecule has 1 aliphatic heterocycles.